The summed E-state index contributed by atoms with van der Waals surface area (Å²) < 4.78 is 39.8. The van der Waals surface area contributed by atoms with Crippen LogP contribution in [0, 0.1) is 6.92 Å². The summed E-state index contributed by atoms with van der Waals surface area (Å²) in [6.07, 6.45) is 1.61. The van der Waals surface area contributed by atoms with Gasteiger partial charge in [-0.05, 0) is 50.6 Å². The molecule has 0 unspecified atom stereocenters. The molecule has 196 valence electrons. The zero-order chi connectivity index (χ0) is 27.3. The van der Waals surface area contributed by atoms with Gasteiger partial charge in [0, 0.05) is 23.1 Å². The van der Waals surface area contributed by atoms with Crippen LogP contribution in [0.5, 0.6) is 0 Å². The first-order chi connectivity index (χ1) is 18.3. The number of ether oxygens (including phenoxy) is 2. The van der Waals surface area contributed by atoms with Crippen LogP contribution < -0.4 is 0 Å². The van der Waals surface area contributed by atoms with Crippen molar-refractivity contribution in [3.63, 3.8) is 0 Å². The first-order valence-corrected chi connectivity index (χ1v) is 13.8. The second kappa shape index (κ2) is 11.5. The number of rotatable bonds is 9. The highest BCUT2D eigenvalue weighted by molar-refractivity contribution is 7.90. The van der Waals surface area contributed by atoms with Gasteiger partial charge in [0.25, 0.3) is 10.0 Å². The van der Waals surface area contributed by atoms with Crippen molar-refractivity contribution in [3.05, 3.63) is 107 Å². The van der Waals surface area contributed by atoms with Crippen molar-refractivity contribution in [1.82, 2.24) is 3.97 Å². The predicted octanol–water partition coefficient (Wildman–Crippen LogP) is 5.29. The molecule has 1 heterocycles. The van der Waals surface area contributed by atoms with Crippen molar-refractivity contribution in [3.8, 4) is 0 Å². The second-order valence-corrected chi connectivity index (χ2v) is 10.4. The third-order valence-electron chi connectivity index (χ3n) is 6.02. The maximum Gasteiger partial charge on any atom is 0.345 e. The molecule has 0 atom stereocenters. The minimum atomic E-state index is -4.05. The molecule has 0 saturated heterocycles. The molecule has 0 aliphatic heterocycles. The Labute approximate surface area is 222 Å². The summed E-state index contributed by atoms with van der Waals surface area (Å²) in [7, 11) is -4.05. The van der Waals surface area contributed by atoms with Crippen molar-refractivity contribution in [2.45, 2.75) is 32.1 Å². The molecule has 1 aromatic heterocycles. The third kappa shape index (κ3) is 5.40. The van der Waals surface area contributed by atoms with Crippen LogP contribution in [0.1, 0.15) is 36.2 Å². The Morgan fingerprint density at radius 1 is 0.816 bits per heavy atom. The van der Waals surface area contributed by atoms with Gasteiger partial charge in [-0.1, -0.05) is 66.2 Å². The van der Waals surface area contributed by atoms with E-state index in [4.69, 9.17) is 9.47 Å². The molecule has 4 aromatic rings. The number of esters is 2. The fourth-order valence-corrected chi connectivity index (χ4v) is 5.82. The minimum absolute atomic E-state index is 0.0655. The van der Waals surface area contributed by atoms with Crippen LogP contribution in [-0.4, -0.2) is 37.5 Å². The molecule has 8 heteroatoms. The van der Waals surface area contributed by atoms with E-state index < -0.39 is 22.0 Å². The zero-order valence-corrected chi connectivity index (χ0v) is 22.3. The first-order valence-electron chi connectivity index (χ1n) is 12.3. The van der Waals surface area contributed by atoms with Crippen LogP contribution >= 0.6 is 0 Å². The molecule has 0 amide bonds. The molecule has 0 N–H and O–H groups in total. The lowest BCUT2D eigenvalue weighted by Gasteiger charge is -2.14. The molecule has 0 spiro atoms. The van der Waals surface area contributed by atoms with E-state index in [1.807, 2.05) is 37.3 Å². The fourth-order valence-electron chi connectivity index (χ4n) is 4.26. The van der Waals surface area contributed by atoms with Gasteiger partial charge in [0.2, 0.25) is 0 Å². The Hall–Kier alpha value is -4.17. The van der Waals surface area contributed by atoms with E-state index in [-0.39, 0.29) is 30.1 Å². The quantitative estimate of drug-likeness (QED) is 0.126. The average Bonchev–Trinajstić information content (AvgIpc) is 3.21. The average molecular weight is 532 g/mol. The SMILES string of the molecule is CCOC(=O)C(=Cc1c(Cc2ccccc2)n(S(=O)(=O)c2ccc(C)cc2)c2ccccc12)C(=O)OCC. The number of fused-ring (bicyclic) bond motifs is 1. The highest BCUT2D eigenvalue weighted by Crippen LogP contribution is 2.34. The Bertz CT molecular complexity index is 1580. The highest BCUT2D eigenvalue weighted by Gasteiger charge is 2.29. The number of aromatic nitrogens is 1. The number of hydrogen-bond donors (Lipinski definition) is 0. The third-order valence-corrected chi connectivity index (χ3v) is 7.79. The van der Waals surface area contributed by atoms with E-state index in [9.17, 15) is 18.0 Å². The van der Waals surface area contributed by atoms with E-state index in [0.717, 1.165) is 11.1 Å². The van der Waals surface area contributed by atoms with Crippen molar-refractivity contribution in [1.29, 1.82) is 0 Å². The zero-order valence-electron chi connectivity index (χ0n) is 21.5. The van der Waals surface area contributed by atoms with Gasteiger partial charge in [-0.25, -0.2) is 22.0 Å². The van der Waals surface area contributed by atoms with Gasteiger partial charge in [-0.2, -0.15) is 0 Å². The smallest absolute Gasteiger partial charge is 0.345 e. The van der Waals surface area contributed by atoms with E-state index in [2.05, 4.69) is 0 Å². The van der Waals surface area contributed by atoms with E-state index in [1.165, 1.54) is 10.0 Å². The first kappa shape index (κ1) is 26.9. The van der Waals surface area contributed by atoms with E-state index in [1.54, 1.807) is 62.4 Å². The summed E-state index contributed by atoms with van der Waals surface area (Å²) in [6.45, 7) is 5.30. The summed E-state index contributed by atoms with van der Waals surface area (Å²) in [4.78, 5) is 25.7. The summed E-state index contributed by atoms with van der Waals surface area (Å²) in [6, 6.07) is 23.1. The number of carbonyl (C=O) groups excluding carboxylic acids is 2. The maximum absolute atomic E-state index is 14.1. The van der Waals surface area contributed by atoms with Gasteiger partial charge < -0.3 is 9.47 Å². The highest BCUT2D eigenvalue weighted by atomic mass is 32.2. The second-order valence-electron chi connectivity index (χ2n) is 8.62. The molecule has 3 aromatic carbocycles. The van der Waals surface area contributed by atoms with Gasteiger partial charge in [-0.3, -0.25) is 0 Å². The molecular formula is C30H29NO6S. The van der Waals surface area contributed by atoms with Crippen molar-refractivity contribution >= 4 is 38.9 Å². The number of hydrogen-bond acceptors (Lipinski definition) is 6. The van der Waals surface area contributed by atoms with Crippen molar-refractivity contribution in [2.24, 2.45) is 0 Å². The summed E-state index contributed by atoms with van der Waals surface area (Å²) in [5.74, 6) is -1.68. The van der Waals surface area contributed by atoms with Crippen LogP contribution in [0.15, 0.2) is 89.3 Å². The molecule has 7 nitrogen and oxygen atoms in total. The molecule has 0 saturated carbocycles. The maximum atomic E-state index is 14.1. The number of para-hydroxylation sites is 1. The standard InChI is InChI=1S/C30H29NO6S/c1-4-36-29(32)26(30(33)37-5-2)20-25-24-13-9-10-14-27(24)31(28(25)19-22-11-7-6-8-12-22)38(34,35)23-17-15-21(3)16-18-23/h6-18,20H,4-5,19H2,1-3H3. The van der Waals surface area contributed by atoms with Crippen LogP contribution in [-0.2, 0) is 35.5 Å². The normalized spacial score (nSPS) is 11.2. The van der Waals surface area contributed by atoms with Gasteiger partial charge in [0.05, 0.1) is 23.6 Å². The monoisotopic (exact) mass is 531 g/mol. The van der Waals surface area contributed by atoms with Gasteiger partial charge in [0.1, 0.15) is 5.57 Å². The molecule has 0 radical (unpaired) electrons. The Morgan fingerprint density at radius 2 is 1.39 bits per heavy atom. The van der Waals surface area contributed by atoms with Crippen LogP contribution in [0.2, 0.25) is 0 Å². The molecule has 38 heavy (non-hydrogen) atoms. The fraction of sp³-hybridized carbons (Fsp3) is 0.200. The van der Waals surface area contributed by atoms with Crippen LogP contribution in [0.25, 0.3) is 17.0 Å². The molecule has 0 aliphatic carbocycles. The summed E-state index contributed by atoms with van der Waals surface area (Å²) in [5.41, 5.74) is 2.75. The number of carbonyl (C=O) groups is 2. The van der Waals surface area contributed by atoms with Crippen molar-refractivity contribution in [2.75, 3.05) is 13.2 Å². The molecule has 0 fully saturated rings. The lowest BCUT2D eigenvalue weighted by atomic mass is 10.0. The minimum Gasteiger partial charge on any atom is -0.462 e. The lowest BCUT2D eigenvalue weighted by molar-refractivity contribution is -0.146. The van der Waals surface area contributed by atoms with Gasteiger partial charge in [0.15, 0.2) is 0 Å². The predicted molar refractivity (Wildman–Crippen MR) is 146 cm³/mol. The largest absolute Gasteiger partial charge is 0.462 e. The Morgan fingerprint density at radius 3 is 2.00 bits per heavy atom. The van der Waals surface area contributed by atoms with Gasteiger partial charge >= 0.3 is 11.9 Å². The lowest BCUT2D eigenvalue weighted by Crippen LogP contribution is -2.19. The van der Waals surface area contributed by atoms with E-state index >= 15 is 0 Å². The molecular weight excluding hydrogens is 502 g/mol. The Balaban J connectivity index is 2.07. The molecule has 0 aliphatic rings. The molecule has 0 bridgehead atoms. The number of benzene rings is 3. The number of aryl methyl sites for hydroxylation is 1. The van der Waals surface area contributed by atoms with Crippen LogP contribution in [0.3, 0.4) is 0 Å². The number of nitrogens with zero attached hydrogens (tertiary/aromatic N) is 1. The van der Waals surface area contributed by atoms with E-state index in [0.29, 0.717) is 22.2 Å². The molecule has 4 rings (SSSR count). The van der Waals surface area contributed by atoms with Crippen molar-refractivity contribution < 1.29 is 27.5 Å². The Kier molecular flexibility index (Phi) is 8.12. The van der Waals surface area contributed by atoms with Gasteiger partial charge in [-0.15, -0.1) is 0 Å². The van der Waals surface area contributed by atoms with Crippen LogP contribution in [0.4, 0.5) is 0 Å². The summed E-state index contributed by atoms with van der Waals surface area (Å²) >= 11 is 0. The summed E-state index contributed by atoms with van der Waals surface area (Å²) in [5, 5.41) is 0.570. The topological polar surface area (TPSA) is 91.7 Å².